The van der Waals surface area contributed by atoms with Crippen molar-refractivity contribution in [2.45, 2.75) is 18.7 Å². The van der Waals surface area contributed by atoms with Crippen molar-refractivity contribution in [1.82, 2.24) is 0 Å². The third-order valence-electron chi connectivity index (χ3n) is 4.00. The van der Waals surface area contributed by atoms with Crippen LogP contribution in [0.3, 0.4) is 0 Å². The molecule has 0 aromatic heterocycles. The highest BCUT2D eigenvalue weighted by Gasteiger charge is 2.28. The highest BCUT2D eigenvalue weighted by atomic mass is 32.2. The van der Waals surface area contributed by atoms with Crippen molar-refractivity contribution in [2.24, 2.45) is 0 Å². The molecule has 154 valence electrons. The largest absolute Gasteiger partial charge is 0.480 e. The third-order valence-corrected chi connectivity index (χ3v) is 5.61. The maximum atomic E-state index is 12.4. The Labute approximate surface area is 165 Å². The SMILES string of the molecule is Cc1ccc(CS(=O)(=O)C[C@H](Nc2ccc(C(=O)O)cc2[N+](=O)[O-])C(=O)O)cc1. The smallest absolute Gasteiger partial charge is 0.335 e. The Kier molecular flexibility index (Phi) is 6.54. The number of benzene rings is 2. The molecule has 0 saturated carbocycles. The van der Waals surface area contributed by atoms with Crippen molar-refractivity contribution >= 4 is 33.2 Å². The zero-order chi connectivity index (χ0) is 21.8. The fraction of sp³-hybridized carbons (Fsp3) is 0.222. The molecule has 0 heterocycles. The van der Waals surface area contributed by atoms with Crippen LogP contribution in [0.15, 0.2) is 42.5 Å². The maximum absolute atomic E-state index is 12.4. The first kappa shape index (κ1) is 21.8. The molecule has 3 N–H and O–H groups in total. The van der Waals surface area contributed by atoms with Crippen LogP contribution in [0.4, 0.5) is 11.4 Å². The van der Waals surface area contributed by atoms with Crippen LogP contribution in [0.5, 0.6) is 0 Å². The van der Waals surface area contributed by atoms with E-state index >= 15 is 0 Å². The Morgan fingerprint density at radius 1 is 1.14 bits per heavy atom. The van der Waals surface area contributed by atoms with E-state index in [1.807, 2.05) is 6.92 Å². The van der Waals surface area contributed by atoms with Gasteiger partial charge in [-0.3, -0.25) is 10.1 Å². The van der Waals surface area contributed by atoms with Gasteiger partial charge >= 0.3 is 11.9 Å². The lowest BCUT2D eigenvalue weighted by atomic mass is 10.1. The summed E-state index contributed by atoms with van der Waals surface area (Å²) in [6.07, 6.45) is 0. The number of aryl methyl sites for hydroxylation is 1. The van der Waals surface area contributed by atoms with Crippen LogP contribution in [-0.4, -0.2) is 47.3 Å². The van der Waals surface area contributed by atoms with E-state index in [-0.39, 0.29) is 11.3 Å². The molecule has 2 aromatic carbocycles. The molecule has 10 nitrogen and oxygen atoms in total. The number of aromatic carboxylic acids is 1. The van der Waals surface area contributed by atoms with Crippen LogP contribution in [0.2, 0.25) is 0 Å². The fourth-order valence-electron chi connectivity index (χ4n) is 2.55. The molecule has 2 rings (SSSR count). The predicted octanol–water partition coefficient (Wildman–Crippen LogP) is 2.08. The number of aliphatic carboxylic acids is 1. The van der Waals surface area contributed by atoms with Gasteiger partial charge in [0.1, 0.15) is 11.7 Å². The number of nitro groups is 1. The van der Waals surface area contributed by atoms with Gasteiger partial charge in [0.15, 0.2) is 9.84 Å². The number of nitrogens with one attached hydrogen (secondary N) is 1. The van der Waals surface area contributed by atoms with Crippen LogP contribution >= 0.6 is 0 Å². The Hall–Kier alpha value is -3.47. The van der Waals surface area contributed by atoms with E-state index in [0.717, 1.165) is 23.8 Å². The van der Waals surface area contributed by atoms with E-state index in [2.05, 4.69) is 5.32 Å². The van der Waals surface area contributed by atoms with E-state index < -0.39 is 49.9 Å². The quantitative estimate of drug-likeness (QED) is 0.405. The van der Waals surface area contributed by atoms with Crippen molar-refractivity contribution in [3.63, 3.8) is 0 Å². The van der Waals surface area contributed by atoms with Gasteiger partial charge in [0.2, 0.25) is 0 Å². The second kappa shape index (κ2) is 8.69. The lowest BCUT2D eigenvalue weighted by molar-refractivity contribution is -0.384. The Morgan fingerprint density at radius 2 is 1.76 bits per heavy atom. The van der Waals surface area contributed by atoms with Crippen LogP contribution in [0.1, 0.15) is 21.5 Å². The first-order valence-electron chi connectivity index (χ1n) is 8.25. The van der Waals surface area contributed by atoms with Gasteiger partial charge in [0.25, 0.3) is 5.69 Å². The minimum atomic E-state index is -3.87. The lowest BCUT2D eigenvalue weighted by Gasteiger charge is -2.16. The number of hydrogen-bond acceptors (Lipinski definition) is 7. The van der Waals surface area contributed by atoms with Crippen LogP contribution in [0, 0.1) is 17.0 Å². The summed E-state index contributed by atoms with van der Waals surface area (Å²) in [4.78, 5) is 32.9. The summed E-state index contributed by atoms with van der Waals surface area (Å²) in [6, 6.07) is 7.87. The molecule has 0 radical (unpaired) electrons. The number of nitro benzene ring substituents is 1. The van der Waals surface area contributed by atoms with Crippen LogP contribution in [-0.2, 0) is 20.4 Å². The summed E-state index contributed by atoms with van der Waals surface area (Å²) < 4.78 is 24.9. The van der Waals surface area contributed by atoms with Gasteiger partial charge in [-0.1, -0.05) is 29.8 Å². The van der Waals surface area contributed by atoms with Gasteiger partial charge in [-0.15, -0.1) is 0 Å². The number of carboxylic acids is 2. The van der Waals surface area contributed by atoms with Gasteiger partial charge < -0.3 is 15.5 Å². The summed E-state index contributed by atoms with van der Waals surface area (Å²) in [5.74, 6) is -4.11. The van der Waals surface area contributed by atoms with Crippen molar-refractivity contribution in [3.05, 3.63) is 69.3 Å². The molecule has 0 amide bonds. The second-order valence-corrected chi connectivity index (χ2v) is 8.48. The monoisotopic (exact) mass is 422 g/mol. The molecule has 29 heavy (non-hydrogen) atoms. The number of carboxylic acid groups (broad SMARTS) is 2. The molecule has 0 aliphatic carbocycles. The van der Waals surface area contributed by atoms with Crippen LogP contribution in [0.25, 0.3) is 0 Å². The van der Waals surface area contributed by atoms with E-state index in [4.69, 9.17) is 5.11 Å². The minimum Gasteiger partial charge on any atom is -0.480 e. The predicted molar refractivity (Wildman–Crippen MR) is 104 cm³/mol. The summed E-state index contributed by atoms with van der Waals surface area (Å²) >= 11 is 0. The summed E-state index contributed by atoms with van der Waals surface area (Å²) in [6.45, 7) is 1.84. The first-order chi connectivity index (χ1) is 13.5. The van der Waals surface area contributed by atoms with Crippen molar-refractivity contribution < 1.29 is 33.1 Å². The third kappa shape index (κ3) is 6.01. The van der Waals surface area contributed by atoms with Crippen LogP contribution < -0.4 is 5.32 Å². The topological polar surface area (TPSA) is 164 Å². The van der Waals surface area contributed by atoms with E-state index in [9.17, 15) is 33.2 Å². The van der Waals surface area contributed by atoms with Crippen molar-refractivity contribution in [2.75, 3.05) is 11.1 Å². The fourth-order valence-corrected chi connectivity index (χ4v) is 4.10. The minimum absolute atomic E-state index is 0.294. The summed E-state index contributed by atoms with van der Waals surface area (Å²) in [7, 11) is -3.87. The van der Waals surface area contributed by atoms with Gasteiger partial charge in [-0.25, -0.2) is 18.0 Å². The normalized spacial score (nSPS) is 12.2. The Bertz CT molecular complexity index is 1050. The molecule has 2 aromatic rings. The number of sulfone groups is 1. The summed E-state index contributed by atoms with van der Waals surface area (Å²) in [5, 5.41) is 31.9. The number of rotatable bonds is 9. The average Bonchev–Trinajstić information content (AvgIpc) is 2.62. The molecule has 0 fully saturated rings. The molecular formula is C18H18N2O8S. The molecule has 0 bridgehead atoms. The summed E-state index contributed by atoms with van der Waals surface area (Å²) in [5.41, 5.74) is 0.0935. The van der Waals surface area contributed by atoms with Gasteiger partial charge in [-0.2, -0.15) is 0 Å². The number of carbonyl (C=O) groups is 2. The Morgan fingerprint density at radius 3 is 2.28 bits per heavy atom. The standard InChI is InChI=1S/C18H18N2O8S/c1-11-2-4-12(5-3-11)9-29(27,28)10-15(18(23)24)19-14-7-6-13(17(21)22)8-16(14)20(25)26/h2-8,15,19H,9-10H2,1H3,(H,21,22)(H,23,24)/t15-/m0/s1. The van der Waals surface area contributed by atoms with Crippen molar-refractivity contribution in [3.8, 4) is 0 Å². The molecule has 1 atom stereocenters. The number of anilines is 1. The van der Waals surface area contributed by atoms with Gasteiger partial charge in [0, 0.05) is 6.07 Å². The molecule has 0 saturated heterocycles. The lowest BCUT2D eigenvalue weighted by Crippen LogP contribution is -2.37. The van der Waals surface area contributed by atoms with Gasteiger partial charge in [-0.05, 0) is 24.6 Å². The zero-order valence-electron chi connectivity index (χ0n) is 15.2. The average molecular weight is 422 g/mol. The zero-order valence-corrected chi connectivity index (χ0v) is 16.0. The highest BCUT2D eigenvalue weighted by molar-refractivity contribution is 7.90. The molecule has 0 aliphatic heterocycles. The van der Waals surface area contributed by atoms with E-state index in [0.29, 0.717) is 5.56 Å². The Balaban J connectivity index is 2.26. The number of hydrogen-bond donors (Lipinski definition) is 3. The molecule has 0 aliphatic rings. The molecular weight excluding hydrogens is 404 g/mol. The second-order valence-electron chi connectivity index (χ2n) is 6.37. The molecule has 0 spiro atoms. The van der Waals surface area contributed by atoms with Crippen molar-refractivity contribution in [1.29, 1.82) is 0 Å². The first-order valence-corrected chi connectivity index (χ1v) is 10.1. The number of nitrogens with zero attached hydrogens (tertiary/aromatic N) is 1. The maximum Gasteiger partial charge on any atom is 0.335 e. The van der Waals surface area contributed by atoms with Gasteiger partial charge in [0.05, 0.1) is 22.0 Å². The molecule has 11 heteroatoms. The van der Waals surface area contributed by atoms with E-state index in [1.54, 1.807) is 24.3 Å². The molecule has 0 unspecified atom stereocenters. The highest BCUT2D eigenvalue weighted by Crippen LogP contribution is 2.27. The van der Waals surface area contributed by atoms with E-state index in [1.165, 1.54) is 0 Å².